The van der Waals surface area contributed by atoms with Gasteiger partial charge in [-0.1, -0.05) is 12.1 Å². The predicted molar refractivity (Wildman–Crippen MR) is 58.6 cm³/mol. The average molecular weight is 205 g/mol. The maximum absolute atomic E-state index is 11.6. The highest BCUT2D eigenvalue weighted by molar-refractivity contribution is 5.95. The molecule has 2 rings (SSSR count). The first-order valence-electron chi connectivity index (χ1n) is 5.20. The van der Waals surface area contributed by atoms with Crippen LogP contribution in [0.2, 0.25) is 0 Å². The minimum Gasteiger partial charge on any atom is -0.462 e. The van der Waals surface area contributed by atoms with Crippen LogP contribution in [0.1, 0.15) is 28.8 Å². The Bertz CT molecular complexity index is 383. The molecule has 0 bridgehead atoms. The molecule has 15 heavy (non-hydrogen) atoms. The van der Waals surface area contributed by atoms with E-state index >= 15 is 0 Å². The summed E-state index contributed by atoms with van der Waals surface area (Å²) in [5, 5.41) is 0. The highest BCUT2D eigenvalue weighted by Crippen LogP contribution is 2.29. The smallest absolute Gasteiger partial charge is 0.340 e. The average Bonchev–Trinajstić information content (AvgIpc) is 3.02. The van der Waals surface area contributed by atoms with E-state index in [1.165, 1.54) is 12.8 Å². The highest BCUT2D eigenvalue weighted by atomic mass is 16.5. The molecule has 1 aliphatic carbocycles. The van der Waals surface area contributed by atoms with Gasteiger partial charge in [-0.15, -0.1) is 0 Å². The number of para-hydroxylation sites is 1. The Kier molecular flexibility index (Phi) is 2.62. The lowest BCUT2D eigenvalue weighted by atomic mass is 10.1. The molecule has 3 nitrogen and oxygen atoms in total. The van der Waals surface area contributed by atoms with Gasteiger partial charge < -0.3 is 10.5 Å². The molecule has 0 amide bonds. The summed E-state index contributed by atoms with van der Waals surface area (Å²) in [6, 6.07) is 5.41. The fraction of sp³-hybridized carbons (Fsp3) is 0.417. The van der Waals surface area contributed by atoms with E-state index in [2.05, 4.69) is 0 Å². The quantitative estimate of drug-likeness (QED) is 0.607. The zero-order chi connectivity index (χ0) is 10.8. The summed E-state index contributed by atoms with van der Waals surface area (Å²) >= 11 is 0. The Morgan fingerprint density at radius 1 is 1.53 bits per heavy atom. The van der Waals surface area contributed by atoms with E-state index in [0.29, 0.717) is 23.8 Å². The van der Waals surface area contributed by atoms with Gasteiger partial charge in [0.05, 0.1) is 12.2 Å². The van der Waals surface area contributed by atoms with Gasteiger partial charge in [-0.25, -0.2) is 4.79 Å². The fourth-order valence-electron chi connectivity index (χ4n) is 1.41. The molecule has 0 atom stereocenters. The minimum atomic E-state index is -0.303. The van der Waals surface area contributed by atoms with Crippen LogP contribution in [0, 0.1) is 12.8 Å². The van der Waals surface area contributed by atoms with Crippen molar-refractivity contribution in [3.05, 3.63) is 29.3 Å². The molecule has 0 radical (unpaired) electrons. The maximum atomic E-state index is 11.6. The monoisotopic (exact) mass is 205 g/mol. The first-order chi connectivity index (χ1) is 7.18. The second-order valence-corrected chi connectivity index (χ2v) is 4.08. The van der Waals surface area contributed by atoms with Gasteiger partial charge in [0.2, 0.25) is 0 Å². The van der Waals surface area contributed by atoms with E-state index in [9.17, 15) is 4.79 Å². The van der Waals surface area contributed by atoms with E-state index in [0.717, 1.165) is 5.56 Å². The Morgan fingerprint density at radius 2 is 2.27 bits per heavy atom. The van der Waals surface area contributed by atoms with Crippen LogP contribution in [0.25, 0.3) is 0 Å². The summed E-state index contributed by atoms with van der Waals surface area (Å²) in [7, 11) is 0. The molecule has 3 heteroatoms. The van der Waals surface area contributed by atoms with E-state index in [-0.39, 0.29) is 5.97 Å². The molecule has 1 aromatic rings. The standard InChI is InChI=1S/C12H15NO2/c1-8-3-2-4-10(11(8)13)12(14)15-7-9-5-6-9/h2-4,9H,5-7,13H2,1H3. The molecule has 1 aliphatic rings. The molecular formula is C12H15NO2. The van der Waals surface area contributed by atoms with Crippen molar-refractivity contribution in [2.24, 2.45) is 5.92 Å². The number of nitrogen functional groups attached to an aromatic ring is 1. The lowest BCUT2D eigenvalue weighted by Crippen LogP contribution is -2.10. The van der Waals surface area contributed by atoms with E-state index in [1.807, 2.05) is 19.1 Å². The zero-order valence-electron chi connectivity index (χ0n) is 8.82. The number of carbonyl (C=O) groups excluding carboxylic acids is 1. The topological polar surface area (TPSA) is 52.3 Å². The number of nitrogens with two attached hydrogens (primary N) is 1. The van der Waals surface area contributed by atoms with Crippen LogP contribution in [-0.4, -0.2) is 12.6 Å². The Labute approximate surface area is 89.2 Å². The SMILES string of the molecule is Cc1cccc(C(=O)OCC2CC2)c1N. The molecule has 0 heterocycles. The molecule has 1 fully saturated rings. The van der Waals surface area contributed by atoms with E-state index < -0.39 is 0 Å². The van der Waals surface area contributed by atoms with Crippen LogP contribution in [0.5, 0.6) is 0 Å². The van der Waals surface area contributed by atoms with Crippen molar-refractivity contribution in [3.8, 4) is 0 Å². The number of ether oxygens (including phenoxy) is 1. The Balaban J connectivity index is 2.06. The first kappa shape index (κ1) is 10.0. The van der Waals surface area contributed by atoms with Crippen molar-refractivity contribution in [3.63, 3.8) is 0 Å². The lowest BCUT2D eigenvalue weighted by Gasteiger charge is -2.07. The number of carbonyl (C=O) groups is 1. The van der Waals surface area contributed by atoms with Crippen molar-refractivity contribution >= 4 is 11.7 Å². The van der Waals surface area contributed by atoms with Crippen molar-refractivity contribution in [1.29, 1.82) is 0 Å². The number of esters is 1. The zero-order valence-corrected chi connectivity index (χ0v) is 8.82. The van der Waals surface area contributed by atoms with Gasteiger partial charge >= 0.3 is 5.97 Å². The molecule has 1 aromatic carbocycles. The van der Waals surface area contributed by atoms with Gasteiger partial charge in [-0.3, -0.25) is 0 Å². The third kappa shape index (κ3) is 2.29. The lowest BCUT2D eigenvalue weighted by molar-refractivity contribution is 0.0487. The minimum absolute atomic E-state index is 0.303. The van der Waals surface area contributed by atoms with Gasteiger partial charge in [0.15, 0.2) is 0 Å². The largest absolute Gasteiger partial charge is 0.462 e. The molecule has 1 saturated carbocycles. The van der Waals surface area contributed by atoms with Crippen LogP contribution in [0.15, 0.2) is 18.2 Å². The Morgan fingerprint density at radius 3 is 2.93 bits per heavy atom. The van der Waals surface area contributed by atoms with Gasteiger partial charge in [0.25, 0.3) is 0 Å². The number of anilines is 1. The van der Waals surface area contributed by atoms with Crippen LogP contribution in [0.4, 0.5) is 5.69 Å². The number of rotatable bonds is 3. The van der Waals surface area contributed by atoms with E-state index in [4.69, 9.17) is 10.5 Å². The second-order valence-electron chi connectivity index (χ2n) is 4.08. The van der Waals surface area contributed by atoms with Crippen LogP contribution < -0.4 is 5.73 Å². The molecule has 80 valence electrons. The summed E-state index contributed by atoms with van der Waals surface area (Å²) in [6.07, 6.45) is 2.35. The summed E-state index contributed by atoms with van der Waals surface area (Å²) in [5.41, 5.74) is 7.73. The van der Waals surface area contributed by atoms with Crippen LogP contribution in [-0.2, 0) is 4.74 Å². The van der Waals surface area contributed by atoms with Gasteiger partial charge in [0, 0.05) is 5.69 Å². The van der Waals surface area contributed by atoms with Gasteiger partial charge in [0.1, 0.15) is 0 Å². The van der Waals surface area contributed by atoms with Crippen LogP contribution >= 0.6 is 0 Å². The molecule has 2 N–H and O–H groups in total. The summed E-state index contributed by atoms with van der Waals surface area (Å²) in [6.45, 7) is 2.42. The number of hydrogen-bond donors (Lipinski definition) is 1. The van der Waals surface area contributed by atoms with Crippen molar-refractivity contribution in [2.45, 2.75) is 19.8 Å². The van der Waals surface area contributed by atoms with Crippen molar-refractivity contribution in [1.82, 2.24) is 0 Å². The van der Waals surface area contributed by atoms with Gasteiger partial charge in [-0.05, 0) is 37.3 Å². The highest BCUT2D eigenvalue weighted by Gasteiger charge is 2.23. The third-order valence-electron chi connectivity index (χ3n) is 2.69. The molecule has 0 aromatic heterocycles. The molecule has 0 spiro atoms. The van der Waals surface area contributed by atoms with Crippen LogP contribution in [0.3, 0.4) is 0 Å². The maximum Gasteiger partial charge on any atom is 0.340 e. The summed E-state index contributed by atoms with van der Waals surface area (Å²) in [5.74, 6) is 0.281. The number of aryl methyl sites for hydroxylation is 1. The second kappa shape index (κ2) is 3.93. The summed E-state index contributed by atoms with van der Waals surface area (Å²) in [4.78, 5) is 11.6. The summed E-state index contributed by atoms with van der Waals surface area (Å²) < 4.78 is 5.17. The number of hydrogen-bond acceptors (Lipinski definition) is 3. The van der Waals surface area contributed by atoms with Gasteiger partial charge in [-0.2, -0.15) is 0 Å². The molecule has 0 saturated heterocycles. The molecule has 0 unspecified atom stereocenters. The molecule has 0 aliphatic heterocycles. The first-order valence-corrected chi connectivity index (χ1v) is 5.20. The Hall–Kier alpha value is -1.51. The van der Waals surface area contributed by atoms with Crippen molar-refractivity contribution < 1.29 is 9.53 Å². The van der Waals surface area contributed by atoms with E-state index in [1.54, 1.807) is 6.07 Å². The third-order valence-corrected chi connectivity index (χ3v) is 2.69. The number of benzene rings is 1. The predicted octanol–water partition coefficient (Wildman–Crippen LogP) is 2.14. The van der Waals surface area contributed by atoms with Crippen molar-refractivity contribution in [2.75, 3.05) is 12.3 Å². The molecular weight excluding hydrogens is 190 g/mol. The fourth-order valence-corrected chi connectivity index (χ4v) is 1.41. The normalized spacial score (nSPS) is 15.0.